The molecule has 0 aliphatic heterocycles. The molecule has 1 amide bonds. The van der Waals surface area contributed by atoms with Gasteiger partial charge in [0, 0.05) is 13.0 Å². The molecule has 0 radical (unpaired) electrons. The molecule has 0 saturated carbocycles. The maximum absolute atomic E-state index is 12.7. The number of hydrogen-bond acceptors (Lipinski definition) is 5. The minimum atomic E-state index is -3.69. The van der Waals surface area contributed by atoms with Crippen molar-refractivity contribution in [2.75, 3.05) is 6.54 Å². The minimum Gasteiger partial charge on any atom is -0.467 e. The van der Waals surface area contributed by atoms with E-state index in [0.29, 0.717) is 17.1 Å². The van der Waals surface area contributed by atoms with Crippen LogP contribution < -0.4 is 4.72 Å². The van der Waals surface area contributed by atoms with Crippen LogP contribution in [0.2, 0.25) is 0 Å². The monoisotopic (exact) mass is 416 g/mol. The van der Waals surface area contributed by atoms with E-state index in [1.807, 2.05) is 13.0 Å². The van der Waals surface area contributed by atoms with E-state index >= 15 is 0 Å². The number of carbonyl (C=O) groups excluding carboxylic acids is 1. The fraction of sp³-hybridized carbons (Fsp3) is 0.286. The van der Waals surface area contributed by atoms with Gasteiger partial charge in [-0.15, -0.1) is 0 Å². The Bertz CT molecular complexity index is 1000. The molecule has 0 fully saturated rings. The first-order valence-corrected chi connectivity index (χ1v) is 10.7. The van der Waals surface area contributed by atoms with Crippen LogP contribution in [0.1, 0.15) is 29.1 Å². The predicted molar refractivity (Wildman–Crippen MR) is 107 cm³/mol. The van der Waals surface area contributed by atoms with Crippen molar-refractivity contribution in [2.45, 2.75) is 38.3 Å². The van der Waals surface area contributed by atoms with Gasteiger partial charge in [-0.3, -0.25) is 4.79 Å². The molecular formula is C21H24N2O5S. The van der Waals surface area contributed by atoms with Crippen molar-refractivity contribution in [3.8, 4) is 0 Å². The lowest BCUT2D eigenvalue weighted by molar-refractivity contribution is -0.132. The third kappa shape index (κ3) is 5.58. The smallest absolute Gasteiger partial charge is 0.240 e. The first-order chi connectivity index (χ1) is 13.8. The highest BCUT2D eigenvalue weighted by atomic mass is 32.2. The standard InChI is InChI=1S/C21H24N2O5S/c1-16-7-8-17(2)20(13-16)29(25,26)22-10-9-21(24)23(14-18-5-3-11-27-18)15-19-6-4-12-28-19/h3-8,11-13,22H,9-10,14-15H2,1-2H3. The second-order valence-corrected chi connectivity index (χ2v) is 8.56. The normalized spacial score (nSPS) is 11.5. The summed E-state index contributed by atoms with van der Waals surface area (Å²) in [5.41, 5.74) is 1.52. The number of hydrogen-bond donors (Lipinski definition) is 1. The average molecular weight is 416 g/mol. The van der Waals surface area contributed by atoms with Gasteiger partial charge in [-0.25, -0.2) is 13.1 Å². The predicted octanol–water partition coefficient (Wildman–Crippen LogP) is 3.39. The molecule has 0 atom stereocenters. The molecule has 1 N–H and O–H groups in total. The summed E-state index contributed by atoms with van der Waals surface area (Å²) >= 11 is 0. The summed E-state index contributed by atoms with van der Waals surface area (Å²) in [5.74, 6) is 1.07. The summed E-state index contributed by atoms with van der Waals surface area (Å²) < 4.78 is 38.4. The molecule has 0 unspecified atom stereocenters. The molecule has 0 aliphatic carbocycles. The number of furan rings is 2. The maximum atomic E-state index is 12.7. The summed E-state index contributed by atoms with van der Waals surface area (Å²) in [7, 11) is -3.69. The van der Waals surface area contributed by atoms with E-state index in [4.69, 9.17) is 8.83 Å². The Hall–Kier alpha value is -2.84. The molecule has 29 heavy (non-hydrogen) atoms. The van der Waals surface area contributed by atoms with E-state index in [1.54, 1.807) is 60.7 Å². The molecule has 3 rings (SSSR count). The highest BCUT2D eigenvalue weighted by molar-refractivity contribution is 7.89. The quantitative estimate of drug-likeness (QED) is 0.577. The minimum absolute atomic E-state index is 0.00135. The summed E-state index contributed by atoms with van der Waals surface area (Å²) in [6, 6.07) is 12.3. The van der Waals surface area contributed by atoms with Crippen LogP contribution >= 0.6 is 0 Å². The molecule has 2 aromatic heterocycles. The van der Waals surface area contributed by atoms with Crippen molar-refractivity contribution in [2.24, 2.45) is 0 Å². The van der Waals surface area contributed by atoms with Crippen molar-refractivity contribution in [1.29, 1.82) is 0 Å². The lowest BCUT2D eigenvalue weighted by Crippen LogP contribution is -2.34. The molecule has 0 bridgehead atoms. The number of amides is 1. The first kappa shape index (κ1) is 20.9. The third-order valence-corrected chi connectivity index (χ3v) is 6.07. The molecule has 154 valence electrons. The van der Waals surface area contributed by atoms with Crippen molar-refractivity contribution in [3.05, 3.63) is 77.6 Å². The van der Waals surface area contributed by atoms with Crippen LogP contribution in [-0.2, 0) is 27.9 Å². The van der Waals surface area contributed by atoms with Gasteiger partial charge in [0.1, 0.15) is 11.5 Å². The third-order valence-electron chi connectivity index (χ3n) is 4.47. The summed E-state index contributed by atoms with van der Waals surface area (Å²) in [6.07, 6.45) is 3.11. The molecule has 0 saturated heterocycles. The van der Waals surface area contributed by atoms with Gasteiger partial charge >= 0.3 is 0 Å². The van der Waals surface area contributed by atoms with Gasteiger partial charge in [0.15, 0.2) is 0 Å². The van der Waals surface area contributed by atoms with E-state index in [2.05, 4.69) is 4.72 Å². The van der Waals surface area contributed by atoms with Crippen LogP contribution in [-0.4, -0.2) is 25.8 Å². The molecule has 8 heteroatoms. The van der Waals surface area contributed by atoms with Crippen molar-refractivity contribution in [1.82, 2.24) is 9.62 Å². The van der Waals surface area contributed by atoms with E-state index in [9.17, 15) is 13.2 Å². The molecule has 1 aromatic carbocycles. The lowest BCUT2D eigenvalue weighted by Gasteiger charge is -2.21. The average Bonchev–Trinajstić information content (AvgIpc) is 3.37. The van der Waals surface area contributed by atoms with Crippen LogP contribution in [0, 0.1) is 13.8 Å². The summed E-state index contributed by atoms with van der Waals surface area (Å²) in [4.78, 5) is 14.5. The Balaban J connectivity index is 1.64. The van der Waals surface area contributed by atoms with Crippen LogP contribution in [0.15, 0.2) is 68.7 Å². The molecule has 3 aromatic rings. The van der Waals surface area contributed by atoms with E-state index in [0.717, 1.165) is 5.56 Å². The first-order valence-electron chi connectivity index (χ1n) is 9.24. The van der Waals surface area contributed by atoms with Gasteiger partial charge in [-0.05, 0) is 55.3 Å². The fourth-order valence-corrected chi connectivity index (χ4v) is 4.30. The van der Waals surface area contributed by atoms with Gasteiger partial charge in [0.05, 0.1) is 30.5 Å². The Morgan fingerprint density at radius 2 is 1.62 bits per heavy atom. The number of rotatable bonds is 9. The van der Waals surface area contributed by atoms with Gasteiger partial charge in [-0.1, -0.05) is 12.1 Å². The number of benzene rings is 1. The van der Waals surface area contributed by atoms with Gasteiger partial charge in [-0.2, -0.15) is 0 Å². The number of sulfonamides is 1. The van der Waals surface area contributed by atoms with E-state index < -0.39 is 10.0 Å². The Labute approximate surface area is 170 Å². The molecule has 0 aliphatic rings. The van der Waals surface area contributed by atoms with Crippen molar-refractivity contribution < 1.29 is 22.0 Å². The van der Waals surface area contributed by atoms with Crippen LogP contribution in [0.3, 0.4) is 0 Å². The highest BCUT2D eigenvalue weighted by Crippen LogP contribution is 2.17. The van der Waals surface area contributed by atoms with E-state index in [-0.39, 0.29) is 36.9 Å². The topological polar surface area (TPSA) is 92.8 Å². The Morgan fingerprint density at radius 3 is 2.17 bits per heavy atom. The van der Waals surface area contributed by atoms with Crippen LogP contribution in [0.5, 0.6) is 0 Å². The fourth-order valence-electron chi connectivity index (χ4n) is 2.94. The molecule has 0 spiro atoms. The zero-order chi connectivity index (χ0) is 20.9. The molecule has 7 nitrogen and oxygen atoms in total. The SMILES string of the molecule is Cc1ccc(C)c(S(=O)(=O)NCCC(=O)N(Cc2ccco2)Cc2ccco2)c1. The van der Waals surface area contributed by atoms with Gasteiger partial charge in [0.2, 0.25) is 15.9 Å². The second kappa shape index (κ2) is 9.11. The highest BCUT2D eigenvalue weighted by Gasteiger charge is 2.20. The molecular weight excluding hydrogens is 392 g/mol. The zero-order valence-corrected chi connectivity index (χ0v) is 17.2. The van der Waals surface area contributed by atoms with E-state index in [1.165, 1.54) is 0 Å². The molecule has 2 heterocycles. The Kier molecular flexibility index (Phi) is 6.56. The lowest BCUT2D eigenvalue weighted by atomic mass is 10.2. The van der Waals surface area contributed by atoms with Gasteiger partial charge < -0.3 is 13.7 Å². The second-order valence-electron chi connectivity index (χ2n) is 6.83. The Morgan fingerprint density at radius 1 is 1.00 bits per heavy atom. The summed E-state index contributed by atoms with van der Waals surface area (Å²) in [5, 5.41) is 0. The summed E-state index contributed by atoms with van der Waals surface area (Å²) in [6.45, 7) is 4.13. The van der Waals surface area contributed by atoms with Crippen molar-refractivity contribution in [3.63, 3.8) is 0 Å². The maximum Gasteiger partial charge on any atom is 0.240 e. The number of nitrogens with zero attached hydrogens (tertiary/aromatic N) is 1. The van der Waals surface area contributed by atoms with Crippen LogP contribution in [0.25, 0.3) is 0 Å². The largest absolute Gasteiger partial charge is 0.467 e. The van der Waals surface area contributed by atoms with Crippen LogP contribution in [0.4, 0.5) is 0 Å². The van der Waals surface area contributed by atoms with Gasteiger partial charge in [0.25, 0.3) is 0 Å². The number of carbonyl (C=O) groups is 1. The zero-order valence-electron chi connectivity index (χ0n) is 16.4. The number of nitrogens with one attached hydrogen (secondary N) is 1. The number of aryl methyl sites for hydroxylation is 2. The van der Waals surface area contributed by atoms with Crippen molar-refractivity contribution >= 4 is 15.9 Å².